The van der Waals surface area contributed by atoms with Crippen LogP contribution in [0.2, 0.25) is 5.02 Å². The highest BCUT2D eigenvalue weighted by molar-refractivity contribution is 6.30. The number of aromatic carboxylic acids is 1. The molecule has 0 amide bonds. The molecule has 0 aliphatic heterocycles. The summed E-state index contributed by atoms with van der Waals surface area (Å²) in [4.78, 5) is 18.8. The smallest absolute Gasteiger partial charge is 0.371 e. The maximum Gasteiger partial charge on any atom is 0.371 e. The largest absolute Gasteiger partial charge is 0.475 e. The Morgan fingerprint density at radius 2 is 1.80 bits per heavy atom. The first-order valence-electron chi connectivity index (χ1n) is 9.10. The first-order valence-corrected chi connectivity index (χ1v) is 9.48. The van der Waals surface area contributed by atoms with Gasteiger partial charge in [0.2, 0.25) is 5.82 Å². The molecule has 0 spiro atoms. The van der Waals surface area contributed by atoms with E-state index in [1.807, 2.05) is 54.6 Å². The van der Waals surface area contributed by atoms with Gasteiger partial charge in [-0.1, -0.05) is 53.2 Å². The second-order valence-corrected chi connectivity index (χ2v) is 7.10. The number of para-hydroxylation sites is 1. The first kappa shape index (κ1) is 18.1. The molecule has 0 saturated heterocycles. The molecule has 7 nitrogen and oxygen atoms in total. The van der Waals surface area contributed by atoms with E-state index in [1.165, 1.54) is 0 Å². The molecular formula is C22H14ClN5O2. The lowest BCUT2D eigenvalue weighted by Gasteiger charge is -2.06. The molecule has 0 atom stereocenters. The molecule has 2 aromatic heterocycles. The monoisotopic (exact) mass is 415 g/mol. The van der Waals surface area contributed by atoms with Crippen molar-refractivity contribution in [2.24, 2.45) is 0 Å². The molecule has 30 heavy (non-hydrogen) atoms. The highest BCUT2D eigenvalue weighted by Gasteiger charge is 2.19. The van der Waals surface area contributed by atoms with Crippen molar-refractivity contribution in [1.82, 2.24) is 25.0 Å². The standard InChI is InChI=1S/C22H14ClN5O2/c23-15-6-4-5-13(11-15)19-20(25-21(24-19)22(29)30)14-9-10-17-18(12-14)28(27-26-17)16-7-2-1-3-8-16/h1-12H,(H,24,25)(H,29,30). The van der Waals surface area contributed by atoms with Crippen molar-refractivity contribution in [3.8, 4) is 28.2 Å². The highest BCUT2D eigenvalue weighted by Crippen LogP contribution is 2.33. The molecule has 146 valence electrons. The number of H-pyrrole nitrogens is 1. The highest BCUT2D eigenvalue weighted by atomic mass is 35.5. The average molecular weight is 416 g/mol. The molecule has 0 aliphatic rings. The normalized spacial score (nSPS) is 11.1. The molecule has 0 saturated carbocycles. The maximum atomic E-state index is 11.6. The number of halogens is 1. The first-order chi connectivity index (χ1) is 14.6. The summed E-state index contributed by atoms with van der Waals surface area (Å²) in [7, 11) is 0. The second-order valence-electron chi connectivity index (χ2n) is 6.66. The van der Waals surface area contributed by atoms with Gasteiger partial charge in [-0.05, 0) is 36.4 Å². The number of carboxylic acids is 1. The lowest BCUT2D eigenvalue weighted by atomic mass is 10.0. The SMILES string of the molecule is O=C(O)c1nc(-c2cccc(Cl)c2)c(-c2ccc3nnn(-c4ccccc4)c3c2)[nH]1. The number of fused-ring (bicyclic) bond motifs is 1. The van der Waals surface area contributed by atoms with Gasteiger partial charge in [-0.25, -0.2) is 14.5 Å². The Labute approximate surface area is 175 Å². The quantitative estimate of drug-likeness (QED) is 0.438. The van der Waals surface area contributed by atoms with Crippen LogP contribution in [0.4, 0.5) is 0 Å². The number of imidazole rings is 1. The summed E-state index contributed by atoms with van der Waals surface area (Å²) in [5.74, 6) is -1.28. The van der Waals surface area contributed by atoms with Crippen LogP contribution in [-0.4, -0.2) is 36.0 Å². The van der Waals surface area contributed by atoms with Crippen LogP contribution in [0.1, 0.15) is 10.6 Å². The van der Waals surface area contributed by atoms with E-state index < -0.39 is 5.97 Å². The van der Waals surface area contributed by atoms with Crippen LogP contribution in [0.3, 0.4) is 0 Å². The van der Waals surface area contributed by atoms with E-state index in [1.54, 1.807) is 22.9 Å². The van der Waals surface area contributed by atoms with Gasteiger partial charge >= 0.3 is 5.97 Å². The second kappa shape index (κ2) is 7.13. The molecule has 5 rings (SSSR count). The van der Waals surface area contributed by atoms with Gasteiger partial charge in [-0.15, -0.1) is 5.10 Å². The fraction of sp³-hybridized carbons (Fsp3) is 0. The maximum absolute atomic E-state index is 11.6. The van der Waals surface area contributed by atoms with Crippen molar-refractivity contribution in [3.63, 3.8) is 0 Å². The van der Waals surface area contributed by atoms with E-state index in [0.717, 1.165) is 27.8 Å². The van der Waals surface area contributed by atoms with E-state index in [9.17, 15) is 9.90 Å². The third kappa shape index (κ3) is 3.11. The van der Waals surface area contributed by atoms with Crippen LogP contribution in [0.25, 0.3) is 39.2 Å². The Balaban J connectivity index is 1.71. The van der Waals surface area contributed by atoms with Crippen molar-refractivity contribution in [2.45, 2.75) is 0 Å². The molecule has 0 fully saturated rings. The Bertz CT molecular complexity index is 1390. The number of rotatable bonds is 4. The summed E-state index contributed by atoms with van der Waals surface area (Å²) in [6.45, 7) is 0. The number of carboxylic acid groups (broad SMARTS) is 1. The Morgan fingerprint density at radius 3 is 2.57 bits per heavy atom. The van der Waals surface area contributed by atoms with Gasteiger partial charge in [0.25, 0.3) is 0 Å². The van der Waals surface area contributed by atoms with E-state index in [2.05, 4.69) is 20.3 Å². The van der Waals surface area contributed by atoms with E-state index in [0.29, 0.717) is 16.4 Å². The summed E-state index contributed by atoms with van der Waals surface area (Å²) < 4.78 is 1.74. The minimum atomic E-state index is -1.14. The molecule has 0 radical (unpaired) electrons. The third-order valence-corrected chi connectivity index (χ3v) is 4.97. The molecule has 8 heteroatoms. The van der Waals surface area contributed by atoms with Gasteiger partial charge in [0.05, 0.1) is 22.6 Å². The van der Waals surface area contributed by atoms with Gasteiger partial charge < -0.3 is 10.1 Å². The summed E-state index contributed by atoms with van der Waals surface area (Å²) in [6, 6.07) is 22.4. The van der Waals surface area contributed by atoms with Gasteiger partial charge in [0.1, 0.15) is 5.52 Å². The van der Waals surface area contributed by atoms with Crippen LogP contribution in [0.15, 0.2) is 72.8 Å². The molecule has 5 aromatic rings. The van der Waals surface area contributed by atoms with Crippen LogP contribution < -0.4 is 0 Å². The molecule has 3 aromatic carbocycles. The number of hydrogen-bond acceptors (Lipinski definition) is 4. The summed E-state index contributed by atoms with van der Waals surface area (Å²) in [5, 5.41) is 18.5. The van der Waals surface area contributed by atoms with Crippen LogP contribution in [0.5, 0.6) is 0 Å². The number of hydrogen-bond donors (Lipinski definition) is 2. The topological polar surface area (TPSA) is 96.7 Å². The molecule has 0 aliphatic carbocycles. The van der Waals surface area contributed by atoms with Crippen LogP contribution in [0, 0.1) is 0 Å². The number of benzene rings is 3. The van der Waals surface area contributed by atoms with E-state index in [4.69, 9.17) is 11.6 Å². The number of nitrogens with zero attached hydrogens (tertiary/aromatic N) is 4. The fourth-order valence-electron chi connectivity index (χ4n) is 3.36. The van der Waals surface area contributed by atoms with Crippen LogP contribution >= 0.6 is 11.6 Å². The van der Waals surface area contributed by atoms with Gasteiger partial charge in [-0.3, -0.25) is 0 Å². The predicted molar refractivity (Wildman–Crippen MR) is 114 cm³/mol. The van der Waals surface area contributed by atoms with E-state index in [-0.39, 0.29) is 5.82 Å². The molecule has 2 N–H and O–H groups in total. The number of aromatic amines is 1. The third-order valence-electron chi connectivity index (χ3n) is 4.74. The number of nitrogens with one attached hydrogen (secondary N) is 1. The van der Waals surface area contributed by atoms with Crippen LogP contribution in [-0.2, 0) is 0 Å². The zero-order chi connectivity index (χ0) is 20.7. The van der Waals surface area contributed by atoms with Crippen molar-refractivity contribution >= 4 is 28.6 Å². The minimum Gasteiger partial charge on any atom is -0.475 e. The van der Waals surface area contributed by atoms with Crippen molar-refractivity contribution < 1.29 is 9.90 Å². The van der Waals surface area contributed by atoms with Crippen molar-refractivity contribution in [3.05, 3.63) is 83.6 Å². The molecule has 0 unspecified atom stereocenters. The fourth-order valence-corrected chi connectivity index (χ4v) is 3.55. The minimum absolute atomic E-state index is 0.144. The zero-order valence-corrected chi connectivity index (χ0v) is 16.2. The van der Waals surface area contributed by atoms with E-state index >= 15 is 0 Å². The van der Waals surface area contributed by atoms with Crippen molar-refractivity contribution in [2.75, 3.05) is 0 Å². The molecular weight excluding hydrogens is 402 g/mol. The summed E-state index contributed by atoms with van der Waals surface area (Å²) in [5.41, 5.74) is 4.97. The Hall–Kier alpha value is -3.97. The Morgan fingerprint density at radius 1 is 0.967 bits per heavy atom. The van der Waals surface area contributed by atoms with Crippen molar-refractivity contribution in [1.29, 1.82) is 0 Å². The van der Waals surface area contributed by atoms with Gasteiger partial charge in [-0.2, -0.15) is 0 Å². The number of carbonyl (C=O) groups is 1. The summed E-state index contributed by atoms with van der Waals surface area (Å²) in [6.07, 6.45) is 0. The number of aromatic nitrogens is 5. The zero-order valence-electron chi connectivity index (χ0n) is 15.5. The predicted octanol–water partition coefficient (Wildman–Crippen LogP) is 4.83. The lowest BCUT2D eigenvalue weighted by molar-refractivity contribution is 0.0685. The summed E-state index contributed by atoms with van der Waals surface area (Å²) >= 11 is 6.14. The molecule has 2 heterocycles. The average Bonchev–Trinajstić information content (AvgIpc) is 3.39. The van der Waals surface area contributed by atoms with Gasteiger partial charge in [0, 0.05) is 16.1 Å². The molecule has 0 bridgehead atoms. The van der Waals surface area contributed by atoms with Gasteiger partial charge in [0.15, 0.2) is 0 Å². The lowest BCUT2D eigenvalue weighted by Crippen LogP contribution is -1.98. The Kier molecular flexibility index (Phi) is 4.30.